The minimum absolute atomic E-state index is 0.203. The van der Waals surface area contributed by atoms with Crippen LogP contribution in [0.4, 0.5) is 5.69 Å². The highest BCUT2D eigenvalue weighted by atomic mass is 14.7. The van der Waals surface area contributed by atoms with Crippen LogP contribution in [0.1, 0.15) is 17.8 Å². The van der Waals surface area contributed by atoms with Crippen LogP contribution in [0.5, 0.6) is 0 Å². The van der Waals surface area contributed by atoms with Gasteiger partial charge in [0.2, 0.25) is 0 Å². The topological polar surface area (TPSA) is 62.7 Å². The summed E-state index contributed by atoms with van der Waals surface area (Å²) in [5, 5.41) is 8.26. The van der Waals surface area contributed by atoms with Crippen molar-refractivity contribution >= 4 is 5.69 Å². The van der Waals surface area contributed by atoms with Gasteiger partial charge < -0.3 is 5.73 Å². The molecule has 0 aliphatic rings. The predicted molar refractivity (Wildman–Crippen MR) is 50.5 cm³/mol. The average Bonchev–Trinajstić information content (AvgIpc) is 2.11. The van der Waals surface area contributed by atoms with E-state index < -0.39 is 0 Å². The van der Waals surface area contributed by atoms with E-state index in [1.54, 1.807) is 6.07 Å². The summed E-state index contributed by atoms with van der Waals surface area (Å²) in [5.41, 5.74) is 7.60. The number of nitrogen functional groups attached to an aromatic ring is 1. The minimum Gasteiger partial charge on any atom is -0.396 e. The van der Waals surface area contributed by atoms with Crippen LogP contribution in [0.3, 0.4) is 0 Å². The zero-order chi connectivity index (χ0) is 9.68. The molecule has 0 fully saturated rings. The van der Waals surface area contributed by atoms with E-state index in [-0.39, 0.29) is 6.42 Å². The molecule has 0 amide bonds. The van der Waals surface area contributed by atoms with Gasteiger partial charge in [-0.3, -0.25) is 0 Å². The van der Waals surface area contributed by atoms with E-state index in [2.05, 4.69) is 16.8 Å². The summed E-state index contributed by atoms with van der Waals surface area (Å²) in [4.78, 5) is 4.14. The second-order valence-corrected chi connectivity index (χ2v) is 2.53. The van der Waals surface area contributed by atoms with Crippen molar-refractivity contribution in [3.8, 4) is 17.9 Å². The molecule has 1 rings (SSSR count). The zero-order valence-corrected chi connectivity index (χ0v) is 7.33. The van der Waals surface area contributed by atoms with Crippen molar-refractivity contribution in [2.24, 2.45) is 0 Å². The van der Waals surface area contributed by atoms with Gasteiger partial charge in [0.1, 0.15) is 5.69 Å². The number of rotatable bonds is 0. The van der Waals surface area contributed by atoms with Crippen LogP contribution in [0.25, 0.3) is 0 Å². The Kier molecular flexibility index (Phi) is 2.89. The van der Waals surface area contributed by atoms with Crippen molar-refractivity contribution in [1.82, 2.24) is 4.98 Å². The van der Waals surface area contributed by atoms with Crippen molar-refractivity contribution in [2.45, 2.75) is 13.3 Å². The largest absolute Gasteiger partial charge is 0.396 e. The first-order valence-electron chi connectivity index (χ1n) is 3.83. The number of nitrogens with two attached hydrogens (primary N) is 1. The van der Waals surface area contributed by atoms with Gasteiger partial charge in [-0.25, -0.2) is 4.98 Å². The minimum atomic E-state index is 0.203. The van der Waals surface area contributed by atoms with Crippen molar-refractivity contribution in [1.29, 1.82) is 5.26 Å². The number of anilines is 1. The first-order chi connectivity index (χ1) is 6.24. The highest BCUT2D eigenvalue weighted by Crippen LogP contribution is 2.07. The summed E-state index contributed by atoms with van der Waals surface area (Å²) in [7, 11) is 0. The molecule has 3 nitrogen and oxygen atoms in total. The van der Waals surface area contributed by atoms with Crippen LogP contribution < -0.4 is 5.73 Å². The molecule has 0 radical (unpaired) electrons. The van der Waals surface area contributed by atoms with Gasteiger partial charge in [-0.15, -0.1) is 0 Å². The third-order valence-electron chi connectivity index (χ3n) is 1.44. The van der Waals surface area contributed by atoms with Crippen LogP contribution in [-0.2, 0) is 0 Å². The van der Waals surface area contributed by atoms with Crippen molar-refractivity contribution < 1.29 is 0 Å². The van der Waals surface area contributed by atoms with Gasteiger partial charge in [-0.1, -0.05) is 5.92 Å². The molecule has 0 spiro atoms. The molecule has 0 saturated carbocycles. The zero-order valence-electron chi connectivity index (χ0n) is 7.33. The molecule has 0 aliphatic heterocycles. The first-order valence-corrected chi connectivity index (χ1v) is 3.83. The van der Waals surface area contributed by atoms with E-state index in [4.69, 9.17) is 11.0 Å². The molecular formula is C10H9N3. The van der Waals surface area contributed by atoms with Crippen LogP contribution in [0, 0.1) is 30.1 Å². The Hall–Kier alpha value is -2.00. The van der Waals surface area contributed by atoms with Gasteiger partial charge in [0.25, 0.3) is 0 Å². The molecule has 0 saturated heterocycles. The van der Waals surface area contributed by atoms with Gasteiger partial charge >= 0.3 is 0 Å². The maximum Gasteiger partial charge on any atom is 0.136 e. The number of nitrogens with zero attached hydrogens (tertiary/aromatic N) is 2. The highest BCUT2D eigenvalue weighted by Gasteiger charge is 1.95. The highest BCUT2D eigenvalue weighted by molar-refractivity contribution is 5.52. The lowest BCUT2D eigenvalue weighted by molar-refractivity contribution is 1.18. The Labute approximate surface area is 77.2 Å². The number of aryl methyl sites for hydroxylation is 1. The molecule has 0 bridgehead atoms. The third-order valence-corrected chi connectivity index (χ3v) is 1.44. The normalized spacial score (nSPS) is 8.31. The molecule has 0 unspecified atom stereocenters. The lowest BCUT2D eigenvalue weighted by atomic mass is 10.2. The average molecular weight is 171 g/mol. The lowest BCUT2D eigenvalue weighted by Gasteiger charge is -1.97. The second-order valence-electron chi connectivity index (χ2n) is 2.53. The molecule has 0 aliphatic carbocycles. The summed E-state index contributed by atoms with van der Waals surface area (Å²) in [6, 6.07) is 5.52. The lowest BCUT2D eigenvalue weighted by Crippen LogP contribution is -1.94. The number of pyridine rings is 1. The van der Waals surface area contributed by atoms with Crippen molar-refractivity contribution in [3.05, 3.63) is 23.5 Å². The molecule has 1 aromatic heterocycles. The monoisotopic (exact) mass is 171 g/mol. The van der Waals surface area contributed by atoms with Crippen molar-refractivity contribution in [2.75, 3.05) is 5.73 Å². The fourth-order valence-corrected chi connectivity index (χ4v) is 0.835. The quantitative estimate of drug-likeness (QED) is 0.597. The van der Waals surface area contributed by atoms with E-state index >= 15 is 0 Å². The Morgan fingerprint density at radius 2 is 2.31 bits per heavy atom. The summed E-state index contributed by atoms with van der Waals surface area (Å²) >= 11 is 0. The maximum absolute atomic E-state index is 8.26. The van der Waals surface area contributed by atoms with Gasteiger partial charge in [-0.05, 0) is 25.0 Å². The molecule has 1 aromatic rings. The number of nitriles is 1. The Balaban J connectivity index is 2.97. The van der Waals surface area contributed by atoms with Gasteiger partial charge in [-0.2, -0.15) is 5.26 Å². The van der Waals surface area contributed by atoms with Crippen molar-refractivity contribution in [3.63, 3.8) is 0 Å². The molecule has 0 aromatic carbocycles. The maximum atomic E-state index is 8.26. The van der Waals surface area contributed by atoms with Crippen LogP contribution in [0.15, 0.2) is 12.1 Å². The second kappa shape index (κ2) is 4.13. The van der Waals surface area contributed by atoms with Gasteiger partial charge in [0.05, 0.1) is 18.2 Å². The summed E-state index contributed by atoms with van der Waals surface area (Å²) < 4.78 is 0. The first kappa shape index (κ1) is 9.09. The Bertz CT molecular complexity index is 404. The van der Waals surface area contributed by atoms with E-state index in [1.165, 1.54) is 0 Å². The third kappa shape index (κ3) is 2.50. The van der Waals surface area contributed by atoms with E-state index in [0.29, 0.717) is 11.4 Å². The number of hydrogen-bond donors (Lipinski definition) is 1. The summed E-state index contributed by atoms with van der Waals surface area (Å²) in [6.45, 7) is 1.87. The summed E-state index contributed by atoms with van der Waals surface area (Å²) in [5.74, 6) is 5.41. The predicted octanol–water partition coefficient (Wildman–Crippen LogP) is 1.24. The molecule has 1 heterocycles. The van der Waals surface area contributed by atoms with Gasteiger partial charge in [0, 0.05) is 5.69 Å². The number of aromatic nitrogens is 1. The van der Waals surface area contributed by atoms with Gasteiger partial charge in [0.15, 0.2) is 0 Å². The molecular weight excluding hydrogens is 162 g/mol. The van der Waals surface area contributed by atoms with Crippen LogP contribution in [0.2, 0.25) is 0 Å². The molecule has 0 atom stereocenters. The fraction of sp³-hybridized carbons (Fsp3) is 0.200. The van der Waals surface area contributed by atoms with E-state index in [0.717, 1.165) is 5.69 Å². The molecule has 64 valence electrons. The molecule has 13 heavy (non-hydrogen) atoms. The van der Waals surface area contributed by atoms with E-state index in [9.17, 15) is 0 Å². The Morgan fingerprint density at radius 1 is 1.54 bits per heavy atom. The molecule has 3 heteroatoms. The smallest absolute Gasteiger partial charge is 0.136 e. The van der Waals surface area contributed by atoms with E-state index in [1.807, 2.05) is 19.1 Å². The summed E-state index contributed by atoms with van der Waals surface area (Å²) in [6.07, 6.45) is 0.203. The Morgan fingerprint density at radius 3 is 3.00 bits per heavy atom. The van der Waals surface area contributed by atoms with Crippen LogP contribution in [-0.4, -0.2) is 4.98 Å². The SMILES string of the molecule is Cc1ccc(N)c(C#CCC#N)n1. The fourth-order valence-electron chi connectivity index (χ4n) is 0.835. The standard InChI is InChI=1S/C10H9N3/c1-8-5-6-9(12)10(13-8)4-2-3-7-11/h5-6H,3,12H2,1H3. The molecule has 2 N–H and O–H groups in total. The van der Waals surface area contributed by atoms with Crippen LogP contribution >= 0.6 is 0 Å². The number of hydrogen-bond acceptors (Lipinski definition) is 3.